The second kappa shape index (κ2) is 4.84. The summed E-state index contributed by atoms with van der Waals surface area (Å²) >= 11 is 3.37. The van der Waals surface area contributed by atoms with E-state index in [4.69, 9.17) is 0 Å². The van der Waals surface area contributed by atoms with Crippen LogP contribution in [0.4, 0.5) is 14.5 Å². The van der Waals surface area contributed by atoms with E-state index in [1.54, 1.807) is 0 Å². The lowest BCUT2D eigenvalue weighted by Crippen LogP contribution is -2.22. The Morgan fingerprint density at radius 3 is 2.83 bits per heavy atom. The lowest BCUT2D eigenvalue weighted by molar-refractivity contribution is -0.158. The van der Waals surface area contributed by atoms with Gasteiger partial charge in [-0.1, -0.05) is 15.9 Å². The average molecular weight is 320 g/mol. The van der Waals surface area contributed by atoms with Crippen molar-refractivity contribution in [2.45, 2.75) is 25.4 Å². The van der Waals surface area contributed by atoms with Crippen LogP contribution in [-0.4, -0.2) is 24.5 Å². The highest BCUT2D eigenvalue weighted by molar-refractivity contribution is 9.10. The van der Waals surface area contributed by atoms with Gasteiger partial charge in [0.1, 0.15) is 6.10 Å². The molecule has 0 bridgehead atoms. The van der Waals surface area contributed by atoms with Crippen LogP contribution in [0, 0.1) is 6.92 Å². The minimum Gasteiger partial charge on any atom is -0.456 e. The van der Waals surface area contributed by atoms with Crippen LogP contribution in [0.1, 0.15) is 12.0 Å². The molecule has 1 aromatic rings. The molecule has 98 valence electrons. The maximum Gasteiger partial charge on any atom is 0.377 e. The minimum atomic E-state index is -3.35. The van der Waals surface area contributed by atoms with E-state index < -0.39 is 24.4 Å². The molecule has 18 heavy (non-hydrogen) atoms. The number of anilines is 1. The summed E-state index contributed by atoms with van der Waals surface area (Å²) in [5.74, 6) is -4.77. The Bertz CT molecular complexity index is 479. The molecule has 3 nitrogen and oxygen atoms in total. The molecule has 1 fully saturated rings. The number of carbonyl (C=O) groups excluding carboxylic acids is 1. The lowest BCUT2D eigenvalue weighted by Gasteiger charge is -2.12. The number of carbonyl (C=O) groups is 1. The predicted molar refractivity (Wildman–Crippen MR) is 66.8 cm³/mol. The van der Waals surface area contributed by atoms with Crippen LogP contribution in [-0.2, 0) is 9.53 Å². The summed E-state index contributed by atoms with van der Waals surface area (Å²) in [4.78, 5) is 10.8. The Hall–Kier alpha value is -1.17. The van der Waals surface area contributed by atoms with Crippen molar-refractivity contribution in [2.75, 3.05) is 11.9 Å². The fourth-order valence-corrected chi connectivity index (χ4v) is 2.00. The van der Waals surface area contributed by atoms with E-state index in [0.717, 1.165) is 15.7 Å². The van der Waals surface area contributed by atoms with Gasteiger partial charge in [0.2, 0.25) is 0 Å². The number of esters is 1. The van der Waals surface area contributed by atoms with Crippen LogP contribution < -0.4 is 5.32 Å². The van der Waals surface area contributed by atoms with Crippen molar-refractivity contribution in [3.63, 3.8) is 0 Å². The maximum absolute atomic E-state index is 12.9. The van der Waals surface area contributed by atoms with Gasteiger partial charge in [0.05, 0.1) is 13.0 Å². The van der Waals surface area contributed by atoms with Gasteiger partial charge in [-0.15, -0.1) is 0 Å². The van der Waals surface area contributed by atoms with Crippen molar-refractivity contribution >= 4 is 27.6 Å². The lowest BCUT2D eigenvalue weighted by atomic mass is 10.2. The maximum atomic E-state index is 12.9. The molecule has 1 aromatic carbocycles. The molecule has 1 aliphatic heterocycles. The van der Waals surface area contributed by atoms with Gasteiger partial charge < -0.3 is 10.1 Å². The van der Waals surface area contributed by atoms with E-state index in [0.29, 0.717) is 0 Å². The molecular formula is C12H12BrF2NO2. The smallest absolute Gasteiger partial charge is 0.377 e. The van der Waals surface area contributed by atoms with E-state index in [-0.39, 0.29) is 6.54 Å². The molecule has 0 amide bonds. The molecule has 1 aliphatic rings. The van der Waals surface area contributed by atoms with E-state index in [2.05, 4.69) is 26.0 Å². The Morgan fingerprint density at radius 1 is 1.56 bits per heavy atom. The van der Waals surface area contributed by atoms with Crippen LogP contribution >= 0.6 is 15.9 Å². The molecule has 0 radical (unpaired) electrons. The molecule has 1 N–H and O–H groups in total. The van der Waals surface area contributed by atoms with Gasteiger partial charge in [-0.25, -0.2) is 4.79 Å². The van der Waals surface area contributed by atoms with Gasteiger partial charge in [-0.05, 0) is 30.7 Å². The Labute approximate surface area is 112 Å². The zero-order valence-corrected chi connectivity index (χ0v) is 11.3. The van der Waals surface area contributed by atoms with Gasteiger partial charge in [0.25, 0.3) is 0 Å². The van der Waals surface area contributed by atoms with Crippen molar-refractivity contribution in [3.8, 4) is 0 Å². The average Bonchev–Trinajstić information content (AvgIpc) is 2.55. The van der Waals surface area contributed by atoms with E-state index in [9.17, 15) is 13.6 Å². The third kappa shape index (κ3) is 2.80. The number of benzene rings is 1. The molecule has 6 heteroatoms. The zero-order chi connectivity index (χ0) is 13.3. The molecule has 1 heterocycles. The highest BCUT2D eigenvalue weighted by Gasteiger charge is 2.50. The zero-order valence-electron chi connectivity index (χ0n) is 9.67. The molecule has 1 unspecified atom stereocenters. The summed E-state index contributed by atoms with van der Waals surface area (Å²) in [6.45, 7) is 2.11. The molecule has 0 aliphatic carbocycles. The largest absolute Gasteiger partial charge is 0.456 e. The van der Waals surface area contributed by atoms with Gasteiger partial charge in [-0.3, -0.25) is 0 Å². The number of hydrogen-bond donors (Lipinski definition) is 1. The third-order valence-corrected chi connectivity index (χ3v) is 3.64. The first-order valence-electron chi connectivity index (χ1n) is 5.47. The van der Waals surface area contributed by atoms with E-state index in [1.165, 1.54) is 0 Å². The Morgan fingerprint density at radius 2 is 2.28 bits per heavy atom. The number of ether oxygens (including phenoxy) is 1. The Balaban J connectivity index is 1.93. The fourth-order valence-electron chi connectivity index (χ4n) is 1.75. The normalized spacial score (nSPS) is 21.8. The topological polar surface area (TPSA) is 38.3 Å². The predicted octanol–water partition coefficient (Wildman–Crippen LogP) is 3.12. The summed E-state index contributed by atoms with van der Waals surface area (Å²) < 4.78 is 31.4. The van der Waals surface area contributed by atoms with Gasteiger partial charge in [0.15, 0.2) is 0 Å². The molecule has 0 saturated carbocycles. The monoisotopic (exact) mass is 319 g/mol. The van der Waals surface area contributed by atoms with Crippen molar-refractivity contribution in [2.24, 2.45) is 0 Å². The van der Waals surface area contributed by atoms with Gasteiger partial charge >= 0.3 is 11.9 Å². The molecule has 0 spiro atoms. The van der Waals surface area contributed by atoms with Crippen molar-refractivity contribution in [1.29, 1.82) is 0 Å². The summed E-state index contributed by atoms with van der Waals surface area (Å²) in [6.07, 6.45) is -1.34. The summed E-state index contributed by atoms with van der Waals surface area (Å²) in [7, 11) is 0. The molecular weight excluding hydrogens is 308 g/mol. The molecule has 0 aromatic heterocycles. The number of cyclic esters (lactones) is 1. The standard InChI is InChI=1S/C12H12BrF2NO2/c1-7-4-8(2-3-10(7)13)16-6-9-5-12(14,15)11(17)18-9/h2-4,9,16H,5-6H2,1H3. The quantitative estimate of drug-likeness (QED) is 0.870. The second-order valence-corrected chi connectivity index (χ2v) is 5.14. The first-order valence-corrected chi connectivity index (χ1v) is 6.27. The summed E-state index contributed by atoms with van der Waals surface area (Å²) in [5, 5.41) is 2.98. The number of nitrogens with one attached hydrogen (secondary N) is 1. The third-order valence-electron chi connectivity index (χ3n) is 2.75. The van der Waals surface area contributed by atoms with Crippen LogP contribution in [0.15, 0.2) is 22.7 Å². The summed E-state index contributed by atoms with van der Waals surface area (Å²) in [6, 6.07) is 5.58. The van der Waals surface area contributed by atoms with Crippen LogP contribution in [0.3, 0.4) is 0 Å². The highest BCUT2D eigenvalue weighted by Crippen LogP contribution is 2.31. The van der Waals surface area contributed by atoms with Gasteiger partial charge in [0, 0.05) is 10.2 Å². The second-order valence-electron chi connectivity index (χ2n) is 4.28. The number of rotatable bonds is 3. The van der Waals surface area contributed by atoms with Crippen LogP contribution in [0.5, 0.6) is 0 Å². The van der Waals surface area contributed by atoms with Crippen LogP contribution in [0.2, 0.25) is 0 Å². The molecule has 1 atom stereocenters. The first-order chi connectivity index (χ1) is 8.38. The SMILES string of the molecule is Cc1cc(NCC2CC(F)(F)C(=O)O2)ccc1Br. The molecule has 2 rings (SSSR count). The van der Waals surface area contributed by atoms with E-state index in [1.807, 2.05) is 25.1 Å². The van der Waals surface area contributed by atoms with Crippen molar-refractivity contribution in [3.05, 3.63) is 28.2 Å². The highest BCUT2D eigenvalue weighted by atomic mass is 79.9. The number of halogens is 3. The number of hydrogen-bond acceptors (Lipinski definition) is 3. The Kier molecular flexibility index (Phi) is 3.56. The molecule has 1 saturated heterocycles. The van der Waals surface area contributed by atoms with Crippen molar-refractivity contribution in [1.82, 2.24) is 0 Å². The van der Waals surface area contributed by atoms with E-state index >= 15 is 0 Å². The summed E-state index contributed by atoms with van der Waals surface area (Å²) in [5.41, 5.74) is 1.84. The minimum absolute atomic E-state index is 0.183. The number of aryl methyl sites for hydroxylation is 1. The van der Waals surface area contributed by atoms with Gasteiger partial charge in [-0.2, -0.15) is 8.78 Å². The first kappa shape index (κ1) is 13.3. The number of alkyl halides is 2. The van der Waals surface area contributed by atoms with Crippen LogP contribution in [0.25, 0.3) is 0 Å². The fraction of sp³-hybridized carbons (Fsp3) is 0.417. The van der Waals surface area contributed by atoms with Crippen molar-refractivity contribution < 1.29 is 18.3 Å².